The quantitative estimate of drug-likeness (QED) is 0.862. The molecule has 4 heteroatoms. The largest absolute Gasteiger partial charge is 0.326 e. The van der Waals surface area contributed by atoms with Crippen molar-refractivity contribution in [2.45, 2.75) is 38.3 Å². The monoisotopic (exact) mass is 273 g/mol. The lowest BCUT2D eigenvalue weighted by atomic mass is 10.1. The molecule has 1 aromatic rings. The number of piperidine rings is 1. The van der Waals surface area contributed by atoms with E-state index in [1.807, 2.05) is 24.3 Å². The smallest absolute Gasteiger partial charge is 0.225 e. The first-order chi connectivity index (χ1) is 9.74. The molecular weight excluding hydrogens is 250 g/mol. The number of rotatable bonds is 5. The summed E-state index contributed by atoms with van der Waals surface area (Å²) in [7, 11) is 0. The van der Waals surface area contributed by atoms with E-state index >= 15 is 0 Å². The predicted octanol–water partition coefficient (Wildman–Crippen LogP) is 1.96. The molecule has 3 N–H and O–H groups in total. The van der Waals surface area contributed by atoms with Gasteiger partial charge in [-0.05, 0) is 42.9 Å². The maximum Gasteiger partial charge on any atom is 0.225 e. The maximum absolute atomic E-state index is 12.0. The molecule has 1 aliphatic heterocycles. The Balaban J connectivity index is 1.45. The van der Waals surface area contributed by atoms with E-state index in [1.165, 1.54) is 25.8 Å². The second-order valence-electron chi connectivity index (χ2n) is 6.03. The van der Waals surface area contributed by atoms with Crippen molar-refractivity contribution in [3.8, 4) is 0 Å². The number of anilines is 1. The zero-order valence-corrected chi connectivity index (χ0v) is 11.8. The number of nitrogens with zero attached hydrogens (tertiary/aromatic N) is 1. The summed E-state index contributed by atoms with van der Waals surface area (Å²) in [5.41, 5.74) is 7.49. The van der Waals surface area contributed by atoms with Crippen LogP contribution in [0.4, 0.5) is 5.69 Å². The van der Waals surface area contributed by atoms with Crippen LogP contribution in [0.5, 0.6) is 0 Å². The van der Waals surface area contributed by atoms with Crippen molar-refractivity contribution in [2.75, 3.05) is 18.4 Å². The van der Waals surface area contributed by atoms with E-state index < -0.39 is 0 Å². The third kappa shape index (κ3) is 3.02. The van der Waals surface area contributed by atoms with Gasteiger partial charge in [0.1, 0.15) is 0 Å². The van der Waals surface area contributed by atoms with Crippen LogP contribution in [0.1, 0.15) is 31.2 Å². The number of carbonyl (C=O) groups excluding carboxylic acids is 1. The van der Waals surface area contributed by atoms with E-state index in [2.05, 4.69) is 10.2 Å². The molecule has 2 aliphatic rings. The Morgan fingerprint density at radius 1 is 1.30 bits per heavy atom. The number of hydrogen-bond donors (Lipinski definition) is 2. The number of carbonyl (C=O) groups is 1. The van der Waals surface area contributed by atoms with Crippen molar-refractivity contribution in [3.63, 3.8) is 0 Å². The van der Waals surface area contributed by atoms with Crippen molar-refractivity contribution in [1.82, 2.24) is 4.90 Å². The van der Waals surface area contributed by atoms with Gasteiger partial charge in [-0.25, -0.2) is 0 Å². The van der Waals surface area contributed by atoms with Gasteiger partial charge in [0, 0.05) is 37.8 Å². The molecule has 2 fully saturated rings. The second-order valence-corrected chi connectivity index (χ2v) is 6.03. The van der Waals surface area contributed by atoms with Crippen molar-refractivity contribution >= 4 is 11.6 Å². The van der Waals surface area contributed by atoms with E-state index in [-0.39, 0.29) is 5.91 Å². The summed E-state index contributed by atoms with van der Waals surface area (Å²) in [5.74, 6) is 1.00. The average Bonchev–Trinajstić information content (AvgIpc) is 3.08. The van der Waals surface area contributed by atoms with Crippen LogP contribution in [-0.2, 0) is 11.3 Å². The van der Waals surface area contributed by atoms with Gasteiger partial charge in [0.2, 0.25) is 5.91 Å². The Kier molecular flexibility index (Phi) is 4.03. The Bertz CT molecular complexity index is 471. The highest BCUT2D eigenvalue weighted by molar-refractivity contribution is 5.90. The van der Waals surface area contributed by atoms with Gasteiger partial charge in [0.25, 0.3) is 0 Å². The Hall–Kier alpha value is -1.39. The molecule has 4 nitrogen and oxygen atoms in total. The first-order valence-electron chi connectivity index (χ1n) is 7.57. The van der Waals surface area contributed by atoms with Gasteiger partial charge in [0.15, 0.2) is 0 Å². The molecule has 0 radical (unpaired) electrons. The lowest BCUT2D eigenvalue weighted by Gasteiger charge is -2.26. The Morgan fingerprint density at radius 3 is 2.70 bits per heavy atom. The van der Waals surface area contributed by atoms with Gasteiger partial charge in [-0.15, -0.1) is 0 Å². The fourth-order valence-corrected chi connectivity index (χ4v) is 3.49. The molecule has 2 bridgehead atoms. The fourth-order valence-electron chi connectivity index (χ4n) is 3.49. The molecule has 0 spiro atoms. The molecule has 1 heterocycles. The predicted molar refractivity (Wildman–Crippen MR) is 80.3 cm³/mol. The molecule has 20 heavy (non-hydrogen) atoms. The molecule has 1 saturated heterocycles. The van der Waals surface area contributed by atoms with Crippen LogP contribution in [0.25, 0.3) is 0 Å². The summed E-state index contributed by atoms with van der Waals surface area (Å²) >= 11 is 0. The minimum absolute atomic E-state index is 0.105. The van der Waals surface area contributed by atoms with Crippen LogP contribution in [0.3, 0.4) is 0 Å². The van der Waals surface area contributed by atoms with E-state index in [0.717, 1.165) is 29.8 Å². The number of fused-ring (bicyclic) bond motifs is 2. The molecule has 0 aromatic heterocycles. The zero-order chi connectivity index (χ0) is 13.9. The van der Waals surface area contributed by atoms with Crippen LogP contribution in [0.2, 0.25) is 0 Å². The number of nitrogens with two attached hydrogens (primary N) is 1. The summed E-state index contributed by atoms with van der Waals surface area (Å²) in [5, 5.41) is 2.95. The highest BCUT2D eigenvalue weighted by atomic mass is 16.1. The fraction of sp³-hybridized carbons (Fsp3) is 0.562. The third-order valence-corrected chi connectivity index (χ3v) is 4.62. The number of likely N-dealkylation sites (tertiary alicyclic amines) is 1. The molecule has 108 valence electrons. The molecular formula is C16H23N3O. The molecule has 2 atom stereocenters. The number of nitrogens with one attached hydrogen (secondary N) is 1. The minimum Gasteiger partial charge on any atom is -0.326 e. The molecule has 1 aliphatic carbocycles. The third-order valence-electron chi connectivity index (χ3n) is 4.62. The van der Waals surface area contributed by atoms with Crippen LogP contribution in [0.15, 0.2) is 24.3 Å². The summed E-state index contributed by atoms with van der Waals surface area (Å²) in [6, 6.07) is 8.48. The summed E-state index contributed by atoms with van der Waals surface area (Å²) < 4.78 is 0. The van der Waals surface area contributed by atoms with Crippen molar-refractivity contribution in [1.29, 1.82) is 0 Å². The van der Waals surface area contributed by atoms with E-state index in [4.69, 9.17) is 5.73 Å². The molecule has 2 unspecified atom stereocenters. The van der Waals surface area contributed by atoms with Gasteiger partial charge in [-0.2, -0.15) is 0 Å². The van der Waals surface area contributed by atoms with Crippen LogP contribution in [0, 0.1) is 5.92 Å². The highest BCUT2D eigenvalue weighted by Gasteiger charge is 2.37. The number of amides is 1. The zero-order valence-electron chi connectivity index (χ0n) is 11.8. The molecule has 1 saturated carbocycles. The summed E-state index contributed by atoms with van der Waals surface area (Å²) in [4.78, 5) is 14.5. The lowest BCUT2D eigenvalue weighted by molar-refractivity contribution is -0.116. The summed E-state index contributed by atoms with van der Waals surface area (Å²) in [6.07, 6.45) is 4.65. The molecule has 1 amide bonds. The van der Waals surface area contributed by atoms with E-state index in [0.29, 0.717) is 13.0 Å². The second kappa shape index (κ2) is 5.94. The number of benzene rings is 1. The summed E-state index contributed by atoms with van der Waals surface area (Å²) in [6.45, 7) is 2.63. The lowest BCUT2D eigenvalue weighted by Crippen LogP contribution is -2.34. The van der Waals surface area contributed by atoms with Crippen molar-refractivity contribution in [3.05, 3.63) is 29.8 Å². The standard InChI is InChI=1S/C16H23N3O/c17-10-12-1-4-14(5-2-12)18-16(20)7-8-19-11-13-3-6-15(19)9-13/h1-2,4-5,13,15H,3,6-11,17H2,(H,18,20). The minimum atomic E-state index is 0.105. The first kappa shape index (κ1) is 13.6. The van der Waals surface area contributed by atoms with Gasteiger partial charge >= 0.3 is 0 Å². The van der Waals surface area contributed by atoms with Gasteiger partial charge < -0.3 is 11.1 Å². The normalized spacial score (nSPS) is 25.1. The Labute approximate surface area is 120 Å². The van der Waals surface area contributed by atoms with Crippen LogP contribution >= 0.6 is 0 Å². The molecule has 1 aromatic carbocycles. The topological polar surface area (TPSA) is 58.4 Å². The van der Waals surface area contributed by atoms with E-state index in [9.17, 15) is 4.79 Å². The maximum atomic E-state index is 12.0. The number of hydrogen-bond acceptors (Lipinski definition) is 3. The average molecular weight is 273 g/mol. The van der Waals surface area contributed by atoms with Gasteiger partial charge in [0.05, 0.1) is 0 Å². The van der Waals surface area contributed by atoms with Crippen molar-refractivity contribution < 1.29 is 4.79 Å². The van der Waals surface area contributed by atoms with Gasteiger partial charge in [-0.3, -0.25) is 9.69 Å². The van der Waals surface area contributed by atoms with Gasteiger partial charge in [-0.1, -0.05) is 12.1 Å². The van der Waals surface area contributed by atoms with Crippen LogP contribution < -0.4 is 11.1 Å². The highest BCUT2D eigenvalue weighted by Crippen LogP contribution is 2.37. The molecule has 3 rings (SSSR count). The van der Waals surface area contributed by atoms with Crippen LogP contribution in [-0.4, -0.2) is 29.9 Å². The van der Waals surface area contributed by atoms with Crippen molar-refractivity contribution in [2.24, 2.45) is 11.7 Å². The Morgan fingerprint density at radius 2 is 2.10 bits per heavy atom. The first-order valence-corrected chi connectivity index (χ1v) is 7.57. The SMILES string of the molecule is NCc1ccc(NC(=O)CCN2CC3CCC2C3)cc1. The van der Waals surface area contributed by atoms with E-state index in [1.54, 1.807) is 0 Å².